The molecule has 3 heterocycles. The lowest BCUT2D eigenvalue weighted by Crippen LogP contribution is -1.91. The summed E-state index contributed by atoms with van der Waals surface area (Å²) in [5.74, 6) is 0. The van der Waals surface area contributed by atoms with E-state index in [1.165, 1.54) is 21.6 Å². The first-order valence-electron chi connectivity index (χ1n) is 7.82. The van der Waals surface area contributed by atoms with Gasteiger partial charge in [-0.1, -0.05) is 30.0 Å². The molecule has 0 saturated carbocycles. The number of H-pyrrole nitrogens is 1. The quantitative estimate of drug-likeness (QED) is 0.589. The van der Waals surface area contributed by atoms with Crippen molar-refractivity contribution < 1.29 is 0 Å². The van der Waals surface area contributed by atoms with E-state index in [1.54, 1.807) is 18.0 Å². The Morgan fingerprint density at radius 3 is 2.58 bits per heavy atom. The number of aromatic amines is 1. The van der Waals surface area contributed by atoms with Crippen LogP contribution >= 0.6 is 11.8 Å². The number of benzene rings is 1. The molecule has 0 aliphatic rings. The smallest absolute Gasteiger partial charge is 0.147 e. The van der Waals surface area contributed by atoms with Crippen LogP contribution in [0.2, 0.25) is 0 Å². The van der Waals surface area contributed by atoms with Crippen molar-refractivity contribution in [3.63, 3.8) is 0 Å². The second kappa shape index (κ2) is 5.83. The van der Waals surface area contributed by atoms with Gasteiger partial charge in [0.2, 0.25) is 0 Å². The van der Waals surface area contributed by atoms with E-state index in [0.29, 0.717) is 0 Å². The third-order valence-corrected chi connectivity index (χ3v) is 5.53. The fraction of sp³-hybridized carbons (Fsp3) is 0.158. The third-order valence-electron chi connectivity index (χ3n) is 4.21. The van der Waals surface area contributed by atoms with Crippen LogP contribution in [0.5, 0.6) is 0 Å². The maximum absolute atomic E-state index is 4.48. The maximum atomic E-state index is 4.48. The van der Waals surface area contributed by atoms with Crippen LogP contribution in [0.15, 0.2) is 58.8 Å². The Labute approximate surface area is 144 Å². The number of aromatic nitrogens is 4. The molecule has 0 bridgehead atoms. The van der Waals surface area contributed by atoms with Gasteiger partial charge in [0.25, 0.3) is 0 Å². The van der Waals surface area contributed by atoms with Crippen molar-refractivity contribution in [2.45, 2.75) is 23.8 Å². The first-order valence-corrected chi connectivity index (χ1v) is 8.64. The Kier molecular flexibility index (Phi) is 3.65. The Morgan fingerprint density at radius 1 is 1.08 bits per heavy atom. The van der Waals surface area contributed by atoms with E-state index in [4.69, 9.17) is 0 Å². The summed E-state index contributed by atoms with van der Waals surface area (Å²) >= 11 is 1.72. The number of nitrogens with zero attached hydrogens (tertiary/aromatic N) is 3. The van der Waals surface area contributed by atoms with Gasteiger partial charge in [0.15, 0.2) is 0 Å². The van der Waals surface area contributed by atoms with Crippen molar-refractivity contribution >= 4 is 22.8 Å². The predicted octanol–water partition coefficient (Wildman–Crippen LogP) is 4.73. The van der Waals surface area contributed by atoms with Crippen LogP contribution in [0.1, 0.15) is 11.1 Å². The third kappa shape index (κ3) is 2.51. The van der Waals surface area contributed by atoms with Gasteiger partial charge in [-0.15, -0.1) is 0 Å². The normalized spacial score (nSPS) is 11.3. The molecule has 24 heavy (non-hydrogen) atoms. The molecule has 1 aromatic carbocycles. The second-order valence-corrected chi connectivity index (χ2v) is 7.00. The molecule has 0 spiro atoms. The number of aryl methyl sites for hydroxylation is 3. The van der Waals surface area contributed by atoms with Crippen LogP contribution < -0.4 is 0 Å². The molecule has 3 aromatic heterocycles. The standard InChI is InChI=1S/C19H18N4S/c1-12-9-15(14-5-4-7-20-11-14)10-13(2)18(12)24-19-17-16(21-22-19)6-8-23(17)3/h4-11H,1-3H3,(H,21,22). The molecular weight excluding hydrogens is 316 g/mol. The fourth-order valence-corrected chi connectivity index (χ4v) is 4.10. The van der Waals surface area contributed by atoms with Crippen LogP contribution in [-0.4, -0.2) is 19.7 Å². The van der Waals surface area contributed by atoms with Gasteiger partial charge in [-0.05, 0) is 42.7 Å². The van der Waals surface area contributed by atoms with Crippen molar-refractivity contribution in [1.82, 2.24) is 19.7 Å². The van der Waals surface area contributed by atoms with Gasteiger partial charge in [0.05, 0.1) is 5.52 Å². The lowest BCUT2D eigenvalue weighted by atomic mass is 10.0. The molecule has 4 rings (SSSR count). The number of pyridine rings is 1. The van der Waals surface area contributed by atoms with Crippen molar-refractivity contribution in [2.75, 3.05) is 0 Å². The van der Waals surface area contributed by atoms with E-state index in [-0.39, 0.29) is 0 Å². The van der Waals surface area contributed by atoms with E-state index in [1.807, 2.05) is 19.3 Å². The van der Waals surface area contributed by atoms with Gasteiger partial charge in [0, 0.05) is 36.1 Å². The first kappa shape index (κ1) is 15.0. The van der Waals surface area contributed by atoms with Gasteiger partial charge in [-0.2, -0.15) is 5.10 Å². The predicted molar refractivity (Wildman–Crippen MR) is 98.3 cm³/mol. The Morgan fingerprint density at radius 2 is 1.88 bits per heavy atom. The number of rotatable bonds is 3. The molecule has 0 fully saturated rings. The van der Waals surface area contributed by atoms with E-state index in [2.05, 4.69) is 64.1 Å². The van der Waals surface area contributed by atoms with E-state index >= 15 is 0 Å². The summed E-state index contributed by atoms with van der Waals surface area (Å²) in [7, 11) is 2.05. The number of hydrogen-bond donors (Lipinski definition) is 1. The molecule has 120 valence electrons. The van der Waals surface area contributed by atoms with E-state index in [9.17, 15) is 0 Å². The zero-order chi connectivity index (χ0) is 16.7. The van der Waals surface area contributed by atoms with Gasteiger partial charge in [-0.3, -0.25) is 10.1 Å². The van der Waals surface area contributed by atoms with Crippen LogP contribution in [-0.2, 0) is 7.05 Å². The Hall–Kier alpha value is -2.53. The fourth-order valence-electron chi connectivity index (χ4n) is 3.03. The molecular formula is C19H18N4S. The van der Waals surface area contributed by atoms with Gasteiger partial charge in [0.1, 0.15) is 10.5 Å². The lowest BCUT2D eigenvalue weighted by Gasteiger charge is -2.11. The summed E-state index contributed by atoms with van der Waals surface area (Å²) in [6.45, 7) is 4.31. The molecule has 4 aromatic rings. The summed E-state index contributed by atoms with van der Waals surface area (Å²) in [6.07, 6.45) is 5.76. The number of fused-ring (bicyclic) bond motifs is 1. The molecule has 0 aliphatic carbocycles. The summed E-state index contributed by atoms with van der Waals surface area (Å²) in [5.41, 5.74) is 7.07. The largest absolute Gasteiger partial charge is 0.347 e. The Bertz CT molecular complexity index is 991. The highest BCUT2D eigenvalue weighted by molar-refractivity contribution is 7.99. The summed E-state index contributed by atoms with van der Waals surface area (Å²) in [5, 5.41) is 8.60. The van der Waals surface area contributed by atoms with Crippen LogP contribution in [0, 0.1) is 13.8 Å². The monoisotopic (exact) mass is 334 g/mol. The Balaban J connectivity index is 1.75. The highest BCUT2D eigenvalue weighted by Crippen LogP contribution is 2.37. The van der Waals surface area contributed by atoms with Crippen molar-refractivity contribution in [1.29, 1.82) is 0 Å². The second-order valence-electron chi connectivity index (χ2n) is 6.00. The van der Waals surface area contributed by atoms with E-state index in [0.717, 1.165) is 21.6 Å². The van der Waals surface area contributed by atoms with Crippen LogP contribution in [0.3, 0.4) is 0 Å². The average molecular weight is 334 g/mol. The van der Waals surface area contributed by atoms with E-state index < -0.39 is 0 Å². The SMILES string of the molecule is Cc1cc(-c2cccnc2)cc(C)c1Sc1n[nH]c2ccn(C)c12. The molecule has 4 nitrogen and oxygen atoms in total. The average Bonchev–Trinajstić information content (AvgIpc) is 3.15. The molecule has 5 heteroatoms. The van der Waals surface area contributed by atoms with Crippen molar-refractivity contribution in [3.05, 3.63) is 60.0 Å². The summed E-state index contributed by atoms with van der Waals surface area (Å²) < 4.78 is 2.11. The van der Waals surface area contributed by atoms with Gasteiger partial charge in [-0.25, -0.2) is 0 Å². The van der Waals surface area contributed by atoms with Gasteiger partial charge >= 0.3 is 0 Å². The van der Waals surface area contributed by atoms with Crippen LogP contribution in [0.4, 0.5) is 0 Å². The van der Waals surface area contributed by atoms with Crippen LogP contribution in [0.25, 0.3) is 22.2 Å². The highest BCUT2D eigenvalue weighted by atomic mass is 32.2. The zero-order valence-electron chi connectivity index (χ0n) is 13.9. The molecule has 0 aliphatic heterocycles. The number of hydrogen-bond acceptors (Lipinski definition) is 3. The molecule has 1 N–H and O–H groups in total. The highest BCUT2D eigenvalue weighted by Gasteiger charge is 2.14. The molecule has 0 saturated heterocycles. The molecule has 0 unspecified atom stereocenters. The summed E-state index contributed by atoms with van der Waals surface area (Å²) in [6, 6.07) is 10.6. The minimum absolute atomic E-state index is 1.01. The van der Waals surface area contributed by atoms with Crippen molar-refractivity contribution in [3.8, 4) is 11.1 Å². The zero-order valence-corrected chi connectivity index (χ0v) is 14.7. The molecule has 0 amide bonds. The first-order chi connectivity index (χ1) is 11.6. The summed E-state index contributed by atoms with van der Waals surface area (Å²) in [4.78, 5) is 5.48. The minimum atomic E-state index is 1.01. The van der Waals surface area contributed by atoms with Crippen molar-refractivity contribution in [2.24, 2.45) is 7.05 Å². The molecule has 0 radical (unpaired) electrons. The maximum Gasteiger partial charge on any atom is 0.147 e. The lowest BCUT2D eigenvalue weighted by molar-refractivity contribution is 0.935. The minimum Gasteiger partial charge on any atom is -0.347 e. The molecule has 0 atom stereocenters. The number of nitrogens with one attached hydrogen (secondary N) is 1. The van der Waals surface area contributed by atoms with Gasteiger partial charge < -0.3 is 4.57 Å². The topological polar surface area (TPSA) is 46.5 Å².